The number of methoxy groups -OCH3 is 1. The van der Waals surface area contributed by atoms with E-state index in [1.807, 2.05) is 31.2 Å². The number of rotatable bonds is 7. The van der Waals surface area contributed by atoms with Crippen molar-refractivity contribution in [1.82, 2.24) is 5.32 Å². The van der Waals surface area contributed by atoms with Crippen LogP contribution in [0.2, 0.25) is 0 Å². The molecule has 0 radical (unpaired) electrons. The lowest BCUT2D eigenvalue weighted by molar-refractivity contribution is -0.119. The minimum absolute atomic E-state index is 0.0605. The first-order valence-corrected chi connectivity index (χ1v) is 8.50. The molecule has 0 bridgehead atoms. The molecule has 0 unspecified atom stereocenters. The Kier molecular flexibility index (Phi) is 6.47. The highest BCUT2D eigenvalue weighted by molar-refractivity contribution is 7.99. The van der Waals surface area contributed by atoms with E-state index in [2.05, 4.69) is 5.32 Å². The van der Waals surface area contributed by atoms with Crippen LogP contribution in [-0.2, 0) is 10.5 Å². The number of halogens is 1. The molecule has 2 aromatic carbocycles. The van der Waals surface area contributed by atoms with E-state index in [9.17, 15) is 9.18 Å². The topological polar surface area (TPSA) is 38.3 Å². The van der Waals surface area contributed by atoms with Crippen LogP contribution < -0.4 is 10.1 Å². The molecule has 0 heterocycles. The zero-order chi connectivity index (χ0) is 16.7. The summed E-state index contributed by atoms with van der Waals surface area (Å²) in [7, 11) is 1.62. The lowest BCUT2D eigenvalue weighted by Gasteiger charge is -2.14. The smallest absolute Gasteiger partial charge is 0.230 e. The van der Waals surface area contributed by atoms with Gasteiger partial charge in [0.05, 0.1) is 18.9 Å². The van der Waals surface area contributed by atoms with E-state index in [0.717, 1.165) is 11.3 Å². The molecule has 23 heavy (non-hydrogen) atoms. The number of nitrogens with one attached hydrogen (secondary N) is 1. The summed E-state index contributed by atoms with van der Waals surface area (Å²) >= 11 is 1.40. The molecule has 0 spiro atoms. The quantitative estimate of drug-likeness (QED) is 0.834. The largest absolute Gasteiger partial charge is 0.497 e. The number of amides is 1. The van der Waals surface area contributed by atoms with Crippen molar-refractivity contribution in [2.24, 2.45) is 0 Å². The summed E-state index contributed by atoms with van der Waals surface area (Å²) < 4.78 is 18.6. The number of benzene rings is 2. The monoisotopic (exact) mass is 333 g/mol. The number of ether oxygens (including phenoxy) is 1. The van der Waals surface area contributed by atoms with Gasteiger partial charge in [0.15, 0.2) is 0 Å². The average molecular weight is 333 g/mol. The average Bonchev–Trinajstić information content (AvgIpc) is 2.56. The van der Waals surface area contributed by atoms with Crippen LogP contribution in [0, 0.1) is 5.82 Å². The van der Waals surface area contributed by atoms with E-state index < -0.39 is 0 Å². The fourth-order valence-corrected chi connectivity index (χ4v) is 2.95. The van der Waals surface area contributed by atoms with E-state index in [4.69, 9.17) is 4.74 Å². The molecule has 3 nitrogen and oxygen atoms in total. The van der Waals surface area contributed by atoms with Crippen LogP contribution >= 0.6 is 11.8 Å². The van der Waals surface area contributed by atoms with Gasteiger partial charge in [-0.2, -0.15) is 0 Å². The van der Waals surface area contributed by atoms with Gasteiger partial charge in [0.2, 0.25) is 5.91 Å². The van der Waals surface area contributed by atoms with Crippen LogP contribution in [0.25, 0.3) is 0 Å². The molecule has 1 N–H and O–H groups in total. The number of hydrogen-bond acceptors (Lipinski definition) is 3. The predicted molar refractivity (Wildman–Crippen MR) is 92.1 cm³/mol. The van der Waals surface area contributed by atoms with E-state index in [0.29, 0.717) is 17.1 Å². The highest BCUT2D eigenvalue weighted by Crippen LogP contribution is 2.18. The minimum Gasteiger partial charge on any atom is -0.497 e. The Morgan fingerprint density at radius 2 is 1.91 bits per heavy atom. The lowest BCUT2D eigenvalue weighted by atomic mass is 10.1. The molecule has 2 rings (SSSR count). The molecule has 0 aromatic heterocycles. The van der Waals surface area contributed by atoms with Crippen LogP contribution in [0.3, 0.4) is 0 Å². The maximum absolute atomic E-state index is 13.5. The summed E-state index contributed by atoms with van der Waals surface area (Å²) in [6, 6.07) is 14.1. The zero-order valence-electron chi connectivity index (χ0n) is 13.2. The molecule has 0 aliphatic carbocycles. The predicted octanol–water partition coefficient (Wildman–Crippen LogP) is 3.94. The zero-order valence-corrected chi connectivity index (χ0v) is 14.0. The molecular weight excluding hydrogens is 313 g/mol. The van der Waals surface area contributed by atoms with Gasteiger partial charge in [-0.25, -0.2) is 4.39 Å². The van der Waals surface area contributed by atoms with Crippen molar-refractivity contribution >= 4 is 17.7 Å². The van der Waals surface area contributed by atoms with Gasteiger partial charge in [0, 0.05) is 5.75 Å². The van der Waals surface area contributed by atoms with Crippen molar-refractivity contribution < 1.29 is 13.9 Å². The summed E-state index contributed by atoms with van der Waals surface area (Å²) in [6.45, 7) is 1.93. The Bertz CT molecular complexity index is 646. The van der Waals surface area contributed by atoms with Crippen molar-refractivity contribution in [3.05, 3.63) is 65.5 Å². The van der Waals surface area contributed by atoms with Crippen LogP contribution in [0.4, 0.5) is 4.39 Å². The maximum atomic E-state index is 13.5. The summed E-state index contributed by atoms with van der Waals surface area (Å²) in [6.07, 6.45) is 0. The SMILES string of the molecule is COc1ccc([C@H](C)NC(=O)CSCc2ccccc2F)cc1. The summed E-state index contributed by atoms with van der Waals surface area (Å²) in [5.41, 5.74) is 1.63. The fourth-order valence-electron chi connectivity index (χ4n) is 2.13. The molecule has 1 atom stereocenters. The third-order valence-corrected chi connectivity index (χ3v) is 4.42. The van der Waals surface area contributed by atoms with Gasteiger partial charge in [-0.3, -0.25) is 4.79 Å². The molecule has 1 amide bonds. The second kappa shape index (κ2) is 8.58. The second-order valence-corrected chi connectivity index (χ2v) is 6.13. The fraction of sp³-hybridized carbons (Fsp3) is 0.278. The Labute approximate surface area is 140 Å². The standard InChI is InChI=1S/C18H20FNO2S/c1-13(14-7-9-16(22-2)10-8-14)20-18(21)12-23-11-15-5-3-4-6-17(15)19/h3-10,13H,11-12H2,1-2H3,(H,20,21)/t13-/m0/s1. The van der Waals surface area contributed by atoms with Gasteiger partial charge in [0.25, 0.3) is 0 Å². The Hall–Kier alpha value is -2.01. The highest BCUT2D eigenvalue weighted by atomic mass is 32.2. The summed E-state index contributed by atoms with van der Waals surface area (Å²) in [5.74, 6) is 1.28. The van der Waals surface area contributed by atoms with Gasteiger partial charge in [-0.1, -0.05) is 30.3 Å². The molecule has 2 aromatic rings. The van der Waals surface area contributed by atoms with Gasteiger partial charge >= 0.3 is 0 Å². The van der Waals surface area contributed by atoms with Crippen molar-refractivity contribution in [3.8, 4) is 5.75 Å². The van der Waals surface area contributed by atoms with E-state index in [1.165, 1.54) is 17.8 Å². The summed E-state index contributed by atoms with van der Waals surface area (Å²) in [5, 5.41) is 2.94. The summed E-state index contributed by atoms with van der Waals surface area (Å²) in [4.78, 5) is 12.0. The van der Waals surface area contributed by atoms with Crippen molar-refractivity contribution in [2.45, 2.75) is 18.7 Å². The van der Waals surface area contributed by atoms with E-state index in [-0.39, 0.29) is 17.8 Å². The normalized spacial score (nSPS) is 11.8. The third kappa shape index (κ3) is 5.28. The van der Waals surface area contributed by atoms with Gasteiger partial charge in [-0.05, 0) is 36.2 Å². The number of hydrogen-bond donors (Lipinski definition) is 1. The molecule has 5 heteroatoms. The van der Waals surface area contributed by atoms with Crippen LogP contribution in [0.1, 0.15) is 24.1 Å². The molecule has 0 aliphatic heterocycles. The van der Waals surface area contributed by atoms with Crippen molar-refractivity contribution in [2.75, 3.05) is 12.9 Å². The van der Waals surface area contributed by atoms with Gasteiger partial charge < -0.3 is 10.1 Å². The first kappa shape index (κ1) is 17.3. The number of carbonyl (C=O) groups excluding carboxylic acids is 1. The number of thioether (sulfide) groups is 1. The first-order chi connectivity index (χ1) is 11.1. The second-order valence-electron chi connectivity index (χ2n) is 5.15. The van der Waals surface area contributed by atoms with Crippen LogP contribution in [-0.4, -0.2) is 18.8 Å². The molecule has 0 fully saturated rings. The number of carbonyl (C=O) groups is 1. The third-order valence-electron chi connectivity index (χ3n) is 3.44. The Morgan fingerprint density at radius 3 is 2.57 bits per heavy atom. The molecule has 0 saturated carbocycles. The van der Waals surface area contributed by atoms with Crippen LogP contribution in [0.15, 0.2) is 48.5 Å². The Balaban J connectivity index is 1.78. The van der Waals surface area contributed by atoms with Gasteiger partial charge in [0.1, 0.15) is 11.6 Å². The maximum Gasteiger partial charge on any atom is 0.230 e. The molecule has 122 valence electrons. The van der Waals surface area contributed by atoms with Crippen molar-refractivity contribution in [3.63, 3.8) is 0 Å². The molecule has 0 saturated heterocycles. The lowest BCUT2D eigenvalue weighted by Crippen LogP contribution is -2.28. The Morgan fingerprint density at radius 1 is 1.22 bits per heavy atom. The van der Waals surface area contributed by atoms with Gasteiger partial charge in [-0.15, -0.1) is 11.8 Å². The van der Waals surface area contributed by atoms with E-state index in [1.54, 1.807) is 25.3 Å². The molecule has 0 aliphatic rings. The van der Waals surface area contributed by atoms with Crippen molar-refractivity contribution in [1.29, 1.82) is 0 Å². The minimum atomic E-state index is -0.230. The first-order valence-electron chi connectivity index (χ1n) is 7.34. The highest BCUT2D eigenvalue weighted by Gasteiger charge is 2.10. The van der Waals surface area contributed by atoms with Crippen LogP contribution in [0.5, 0.6) is 5.75 Å². The molecular formula is C18H20FNO2S. The van der Waals surface area contributed by atoms with E-state index >= 15 is 0 Å².